The first-order valence-electron chi connectivity index (χ1n) is 11.9. The number of para-hydroxylation sites is 1. The summed E-state index contributed by atoms with van der Waals surface area (Å²) in [4.78, 5) is 11.7. The van der Waals surface area contributed by atoms with Crippen LogP contribution < -0.4 is 16.2 Å². The number of fused-ring (bicyclic) bond motifs is 4. The van der Waals surface area contributed by atoms with Crippen molar-refractivity contribution in [3.63, 3.8) is 0 Å². The number of hydrazine groups is 1. The van der Waals surface area contributed by atoms with Gasteiger partial charge in [-0.25, -0.2) is 10.5 Å². The Kier molecular flexibility index (Phi) is 4.68. The van der Waals surface area contributed by atoms with Gasteiger partial charge in [0.1, 0.15) is 0 Å². The zero-order chi connectivity index (χ0) is 24.1. The molecule has 4 heterocycles. The number of hydrogen-bond donors (Lipinski definition) is 2. The summed E-state index contributed by atoms with van der Waals surface area (Å²) in [5.41, 5.74) is 9.23. The average Bonchev–Trinajstić information content (AvgIpc) is 3.60. The molecule has 1 unspecified atom stereocenters. The fourth-order valence-electron chi connectivity index (χ4n) is 5.05. The number of nitrogen functional groups attached to an aromatic ring is 1. The lowest BCUT2D eigenvalue weighted by molar-refractivity contribution is 0.703. The summed E-state index contributed by atoms with van der Waals surface area (Å²) in [6.07, 6.45) is 9.28. The van der Waals surface area contributed by atoms with E-state index in [9.17, 15) is 0 Å². The van der Waals surface area contributed by atoms with Crippen molar-refractivity contribution in [2.24, 2.45) is 5.84 Å². The Balaban J connectivity index is 1.26. The van der Waals surface area contributed by atoms with Crippen LogP contribution in [0.4, 0.5) is 17.6 Å². The molecule has 2 aliphatic rings. The van der Waals surface area contributed by atoms with Gasteiger partial charge in [-0.3, -0.25) is 15.3 Å². The van der Waals surface area contributed by atoms with Crippen LogP contribution in [0.1, 0.15) is 23.5 Å². The molecule has 36 heavy (non-hydrogen) atoms. The van der Waals surface area contributed by atoms with Crippen LogP contribution in [-0.4, -0.2) is 29.4 Å². The number of anilines is 3. The molecule has 176 valence electrons. The van der Waals surface area contributed by atoms with E-state index in [4.69, 9.17) is 15.9 Å². The molecule has 0 bridgehead atoms. The normalized spacial score (nSPS) is 16.2. The van der Waals surface area contributed by atoms with Crippen LogP contribution in [0.15, 0.2) is 96.9 Å². The number of allylic oxidation sites excluding steroid dienone is 4. The van der Waals surface area contributed by atoms with Crippen molar-refractivity contribution in [3.8, 4) is 11.3 Å². The van der Waals surface area contributed by atoms with Crippen LogP contribution in [0, 0.1) is 0 Å². The van der Waals surface area contributed by atoms with Crippen LogP contribution in [-0.2, 0) is 6.54 Å². The van der Waals surface area contributed by atoms with Gasteiger partial charge in [0.2, 0.25) is 0 Å². The van der Waals surface area contributed by atoms with Crippen LogP contribution in [0.2, 0.25) is 0 Å². The van der Waals surface area contributed by atoms with Crippen LogP contribution in [0.25, 0.3) is 17.0 Å². The maximum absolute atomic E-state index is 5.79. The predicted molar refractivity (Wildman–Crippen MR) is 139 cm³/mol. The average molecular weight is 474 g/mol. The van der Waals surface area contributed by atoms with Gasteiger partial charge in [-0.2, -0.15) is 9.50 Å². The number of rotatable bonds is 5. The number of nitrogens with zero attached hydrogens (tertiary/aromatic N) is 7. The highest BCUT2D eigenvalue weighted by Crippen LogP contribution is 2.49. The fourth-order valence-corrected chi connectivity index (χ4v) is 5.05. The standard InChI is InChI=1S/C27H23N9/c28-31-26-32-34(17-18-14-15-22(29-16-18)19-8-2-1-3-9-19)27-30-25(33-36(26)27)35-23-12-6-4-10-20(23)21-11-5-7-13-24(21)35/h1-10,12-16,21H,11,17,28H2,(H,31,32). The van der Waals surface area contributed by atoms with Gasteiger partial charge in [0.15, 0.2) is 0 Å². The molecule has 0 radical (unpaired) electrons. The van der Waals surface area contributed by atoms with Crippen LogP contribution in [0.5, 0.6) is 0 Å². The summed E-state index contributed by atoms with van der Waals surface area (Å²) >= 11 is 0. The van der Waals surface area contributed by atoms with Gasteiger partial charge in [-0.15, -0.1) is 10.2 Å². The number of nitrogens with one attached hydrogen (secondary N) is 1. The molecule has 1 aliphatic carbocycles. The van der Waals surface area contributed by atoms with Crippen molar-refractivity contribution >= 4 is 23.4 Å². The third-order valence-corrected chi connectivity index (χ3v) is 6.72. The van der Waals surface area contributed by atoms with Crippen molar-refractivity contribution < 1.29 is 0 Å². The molecule has 1 aliphatic heterocycles. The second-order valence-corrected chi connectivity index (χ2v) is 8.87. The van der Waals surface area contributed by atoms with Gasteiger partial charge in [0.05, 0.1) is 17.9 Å². The summed E-state index contributed by atoms with van der Waals surface area (Å²) in [7, 11) is 0. The van der Waals surface area contributed by atoms with E-state index in [1.807, 2.05) is 36.5 Å². The van der Waals surface area contributed by atoms with E-state index in [-0.39, 0.29) is 0 Å². The highest BCUT2D eigenvalue weighted by Gasteiger charge is 2.36. The number of hydrogen-bond acceptors (Lipinski definition) is 7. The molecular weight excluding hydrogens is 450 g/mol. The Morgan fingerprint density at radius 1 is 0.972 bits per heavy atom. The van der Waals surface area contributed by atoms with E-state index in [0.717, 1.165) is 28.9 Å². The highest BCUT2D eigenvalue weighted by atomic mass is 15.6. The molecule has 0 spiro atoms. The quantitative estimate of drug-likeness (QED) is 0.288. The van der Waals surface area contributed by atoms with Gasteiger partial charge in [-0.1, -0.05) is 66.7 Å². The second-order valence-electron chi connectivity index (χ2n) is 8.87. The summed E-state index contributed by atoms with van der Waals surface area (Å²) in [5.74, 6) is 7.69. The van der Waals surface area contributed by atoms with Gasteiger partial charge in [0, 0.05) is 23.4 Å². The molecule has 7 rings (SSSR count). The largest absolute Gasteiger partial charge is 0.291 e. The zero-order valence-electron chi connectivity index (χ0n) is 19.4. The number of benzene rings is 2. The minimum Gasteiger partial charge on any atom is -0.291 e. The number of aromatic nitrogens is 6. The fraction of sp³-hybridized carbons (Fsp3) is 0.111. The van der Waals surface area contributed by atoms with Gasteiger partial charge < -0.3 is 0 Å². The van der Waals surface area contributed by atoms with Gasteiger partial charge in [-0.05, 0) is 35.8 Å². The van der Waals surface area contributed by atoms with Crippen molar-refractivity contribution in [1.29, 1.82) is 0 Å². The van der Waals surface area contributed by atoms with Gasteiger partial charge in [0.25, 0.3) is 17.7 Å². The lowest BCUT2D eigenvalue weighted by Crippen LogP contribution is -2.17. The van der Waals surface area contributed by atoms with E-state index < -0.39 is 0 Å². The first-order valence-corrected chi connectivity index (χ1v) is 11.9. The highest BCUT2D eigenvalue weighted by molar-refractivity contribution is 5.76. The monoisotopic (exact) mass is 473 g/mol. The van der Waals surface area contributed by atoms with Crippen LogP contribution >= 0.6 is 0 Å². The molecule has 3 N–H and O–H groups in total. The van der Waals surface area contributed by atoms with Crippen molar-refractivity contribution in [3.05, 3.63) is 108 Å². The predicted octanol–water partition coefficient (Wildman–Crippen LogP) is 4.40. The molecule has 5 aromatic rings. The Labute approximate surface area is 207 Å². The van der Waals surface area contributed by atoms with E-state index in [2.05, 4.69) is 75.0 Å². The van der Waals surface area contributed by atoms with E-state index in [1.54, 1.807) is 9.20 Å². The molecular formula is C27H23N9. The molecule has 0 saturated carbocycles. The minimum absolute atomic E-state index is 0.301. The van der Waals surface area contributed by atoms with Gasteiger partial charge >= 0.3 is 0 Å². The minimum atomic E-state index is 0.301. The SMILES string of the molecule is NNc1nn(Cc2ccc(-c3ccccc3)nc2)c2nc(N3C4=CC=CCC4c4ccccc43)nn12. The molecule has 2 aromatic carbocycles. The number of pyridine rings is 1. The lowest BCUT2D eigenvalue weighted by Gasteiger charge is -2.20. The second kappa shape index (κ2) is 8.17. The summed E-state index contributed by atoms with van der Waals surface area (Å²) in [6, 6.07) is 22.6. The maximum Gasteiger partial charge on any atom is 0.259 e. The topological polar surface area (TPSA) is 102 Å². The lowest BCUT2D eigenvalue weighted by atomic mass is 9.92. The third kappa shape index (κ3) is 3.21. The summed E-state index contributed by atoms with van der Waals surface area (Å²) in [6.45, 7) is 0.482. The summed E-state index contributed by atoms with van der Waals surface area (Å²) < 4.78 is 3.44. The summed E-state index contributed by atoms with van der Waals surface area (Å²) in [5, 5.41) is 9.38. The van der Waals surface area contributed by atoms with E-state index in [0.29, 0.717) is 30.1 Å². The Morgan fingerprint density at radius 3 is 2.67 bits per heavy atom. The number of nitrogens with two attached hydrogens (primary N) is 1. The molecule has 0 fully saturated rings. The third-order valence-electron chi connectivity index (χ3n) is 6.72. The van der Waals surface area contributed by atoms with E-state index >= 15 is 0 Å². The maximum atomic E-state index is 5.79. The zero-order valence-corrected chi connectivity index (χ0v) is 19.4. The molecule has 1 atom stereocenters. The Morgan fingerprint density at radius 2 is 1.83 bits per heavy atom. The van der Waals surface area contributed by atoms with Crippen LogP contribution in [0.3, 0.4) is 0 Å². The first-order chi connectivity index (χ1) is 17.8. The Hall–Kier alpha value is -4.76. The first kappa shape index (κ1) is 20.6. The molecule has 0 saturated heterocycles. The molecule has 0 amide bonds. The van der Waals surface area contributed by atoms with Crippen molar-refractivity contribution in [2.75, 3.05) is 10.3 Å². The van der Waals surface area contributed by atoms with Crippen molar-refractivity contribution in [1.82, 2.24) is 29.4 Å². The molecule has 9 heteroatoms. The van der Waals surface area contributed by atoms with Crippen molar-refractivity contribution in [2.45, 2.75) is 18.9 Å². The smallest absolute Gasteiger partial charge is 0.259 e. The molecule has 3 aromatic heterocycles. The molecule has 9 nitrogen and oxygen atoms in total. The Bertz CT molecular complexity index is 1630. The van der Waals surface area contributed by atoms with E-state index in [1.165, 1.54) is 11.3 Å².